The first-order valence-electron chi connectivity index (χ1n) is 8.74. The Labute approximate surface area is 158 Å². The summed E-state index contributed by atoms with van der Waals surface area (Å²) in [4.78, 5) is 28.2. The van der Waals surface area contributed by atoms with Crippen LogP contribution in [0.25, 0.3) is 0 Å². The zero-order valence-corrected chi connectivity index (χ0v) is 15.0. The summed E-state index contributed by atoms with van der Waals surface area (Å²) in [5, 5.41) is 2.42. The third-order valence-electron chi connectivity index (χ3n) is 4.05. The molecule has 3 aromatic rings. The van der Waals surface area contributed by atoms with E-state index in [0.29, 0.717) is 17.1 Å². The van der Waals surface area contributed by atoms with Crippen LogP contribution in [-0.2, 0) is 17.6 Å². The summed E-state index contributed by atoms with van der Waals surface area (Å²) in [6.45, 7) is 2.05. The predicted octanol–water partition coefficient (Wildman–Crippen LogP) is 3.94. The van der Waals surface area contributed by atoms with Gasteiger partial charge >= 0.3 is 0 Å². The summed E-state index contributed by atoms with van der Waals surface area (Å²) in [6, 6.07) is 17.9. The van der Waals surface area contributed by atoms with E-state index >= 15 is 0 Å². The largest absolute Gasteiger partial charge is 0.457 e. The van der Waals surface area contributed by atoms with Crippen LogP contribution in [0.3, 0.4) is 0 Å². The molecule has 0 fully saturated rings. The van der Waals surface area contributed by atoms with Gasteiger partial charge in [0.05, 0.1) is 6.42 Å². The number of pyridine rings is 1. The summed E-state index contributed by atoms with van der Waals surface area (Å²) >= 11 is 0. The van der Waals surface area contributed by atoms with E-state index < -0.39 is 0 Å². The number of carbonyl (C=O) groups is 2. The van der Waals surface area contributed by atoms with Crippen LogP contribution < -0.4 is 10.1 Å². The molecule has 0 saturated carbocycles. The lowest BCUT2D eigenvalue weighted by molar-refractivity contribution is -0.119. The number of aryl methyl sites for hydroxylation is 1. The Balaban J connectivity index is 1.54. The monoisotopic (exact) mass is 360 g/mol. The SMILES string of the molecule is CCc1ccc(C(=O)NC(=O)Cc2ccc(Oc3ccncc3)cc2)cc1. The Hall–Kier alpha value is -3.47. The highest BCUT2D eigenvalue weighted by atomic mass is 16.5. The summed E-state index contributed by atoms with van der Waals surface area (Å²) in [6.07, 6.45) is 4.33. The Morgan fingerprint density at radius 3 is 2.07 bits per heavy atom. The molecule has 3 rings (SSSR count). The van der Waals surface area contributed by atoms with Gasteiger partial charge in [0.2, 0.25) is 5.91 Å². The number of imide groups is 1. The molecule has 27 heavy (non-hydrogen) atoms. The van der Waals surface area contributed by atoms with Crippen molar-refractivity contribution < 1.29 is 14.3 Å². The molecule has 0 saturated heterocycles. The average Bonchev–Trinajstić information content (AvgIpc) is 2.70. The minimum Gasteiger partial charge on any atom is -0.457 e. The first kappa shape index (κ1) is 18.3. The maximum absolute atomic E-state index is 12.1. The van der Waals surface area contributed by atoms with E-state index in [2.05, 4.69) is 10.3 Å². The van der Waals surface area contributed by atoms with Crippen LogP contribution in [0.1, 0.15) is 28.4 Å². The second-order valence-corrected chi connectivity index (χ2v) is 6.03. The number of rotatable bonds is 6. The van der Waals surface area contributed by atoms with Gasteiger partial charge in [-0.05, 0) is 53.9 Å². The van der Waals surface area contributed by atoms with Crippen LogP contribution in [-0.4, -0.2) is 16.8 Å². The lowest BCUT2D eigenvalue weighted by Crippen LogP contribution is -2.31. The highest BCUT2D eigenvalue weighted by Crippen LogP contribution is 2.20. The maximum Gasteiger partial charge on any atom is 0.257 e. The molecule has 5 heteroatoms. The molecule has 5 nitrogen and oxygen atoms in total. The fourth-order valence-corrected chi connectivity index (χ4v) is 2.54. The van der Waals surface area contributed by atoms with Gasteiger partial charge in [-0.3, -0.25) is 19.9 Å². The van der Waals surface area contributed by atoms with E-state index in [4.69, 9.17) is 4.74 Å². The van der Waals surface area contributed by atoms with Crippen molar-refractivity contribution in [3.63, 3.8) is 0 Å². The number of ether oxygens (including phenoxy) is 1. The normalized spacial score (nSPS) is 10.3. The Morgan fingerprint density at radius 2 is 1.44 bits per heavy atom. The van der Waals surface area contributed by atoms with Crippen molar-refractivity contribution in [3.8, 4) is 11.5 Å². The zero-order valence-electron chi connectivity index (χ0n) is 15.0. The van der Waals surface area contributed by atoms with Gasteiger partial charge in [0.15, 0.2) is 0 Å². The van der Waals surface area contributed by atoms with Gasteiger partial charge in [-0.25, -0.2) is 0 Å². The topological polar surface area (TPSA) is 68.3 Å². The smallest absolute Gasteiger partial charge is 0.257 e. The molecule has 2 amide bonds. The molecular weight excluding hydrogens is 340 g/mol. The molecule has 0 bridgehead atoms. The number of hydrogen-bond donors (Lipinski definition) is 1. The lowest BCUT2D eigenvalue weighted by atomic mass is 10.1. The number of benzene rings is 2. The molecule has 1 heterocycles. The van der Waals surface area contributed by atoms with E-state index in [-0.39, 0.29) is 18.2 Å². The molecule has 0 spiro atoms. The predicted molar refractivity (Wildman–Crippen MR) is 103 cm³/mol. The Bertz CT molecular complexity index is 905. The van der Waals surface area contributed by atoms with Crippen molar-refractivity contribution in [1.82, 2.24) is 10.3 Å². The van der Waals surface area contributed by atoms with Crippen molar-refractivity contribution in [1.29, 1.82) is 0 Å². The Morgan fingerprint density at radius 1 is 0.852 bits per heavy atom. The fraction of sp³-hybridized carbons (Fsp3) is 0.136. The lowest BCUT2D eigenvalue weighted by Gasteiger charge is -2.07. The standard InChI is InChI=1S/C22H20N2O3/c1-2-16-3-7-18(8-4-16)22(26)24-21(25)15-17-5-9-19(10-6-17)27-20-11-13-23-14-12-20/h3-14H,2,15H2,1H3,(H,24,25,26). The minimum absolute atomic E-state index is 0.119. The second kappa shape index (κ2) is 8.76. The summed E-state index contributed by atoms with van der Waals surface area (Å²) < 4.78 is 5.68. The third-order valence-corrected chi connectivity index (χ3v) is 4.05. The first-order chi connectivity index (χ1) is 13.1. The van der Waals surface area contributed by atoms with Crippen LogP contribution >= 0.6 is 0 Å². The van der Waals surface area contributed by atoms with E-state index in [0.717, 1.165) is 17.5 Å². The highest BCUT2D eigenvalue weighted by Gasteiger charge is 2.11. The van der Waals surface area contributed by atoms with Gasteiger partial charge in [0, 0.05) is 18.0 Å². The number of nitrogens with one attached hydrogen (secondary N) is 1. The van der Waals surface area contributed by atoms with Crippen molar-refractivity contribution in [3.05, 3.63) is 89.7 Å². The van der Waals surface area contributed by atoms with Gasteiger partial charge in [0.25, 0.3) is 5.91 Å². The van der Waals surface area contributed by atoms with Crippen molar-refractivity contribution >= 4 is 11.8 Å². The molecule has 1 aromatic heterocycles. The fourth-order valence-electron chi connectivity index (χ4n) is 2.54. The molecule has 0 aliphatic rings. The molecule has 0 atom stereocenters. The van der Waals surface area contributed by atoms with Crippen molar-refractivity contribution in [2.24, 2.45) is 0 Å². The highest BCUT2D eigenvalue weighted by molar-refractivity contribution is 6.05. The zero-order chi connectivity index (χ0) is 19.1. The van der Waals surface area contributed by atoms with Crippen LogP contribution in [0.4, 0.5) is 0 Å². The van der Waals surface area contributed by atoms with Crippen molar-refractivity contribution in [2.75, 3.05) is 0 Å². The number of aromatic nitrogens is 1. The molecule has 0 unspecified atom stereocenters. The average molecular weight is 360 g/mol. The first-order valence-corrected chi connectivity index (χ1v) is 8.74. The van der Waals surface area contributed by atoms with E-state index in [1.165, 1.54) is 0 Å². The van der Waals surface area contributed by atoms with E-state index in [9.17, 15) is 9.59 Å². The van der Waals surface area contributed by atoms with E-state index in [1.807, 2.05) is 19.1 Å². The summed E-state index contributed by atoms with van der Waals surface area (Å²) in [5.74, 6) is 0.621. The van der Waals surface area contributed by atoms with Crippen LogP contribution in [0, 0.1) is 0 Å². The van der Waals surface area contributed by atoms with Crippen LogP contribution in [0.15, 0.2) is 73.1 Å². The maximum atomic E-state index is 12.1. The van der Waals surface area contributed by atoms with Gasteiger partial charge in [-0.15, -0.1) is 0 Å². The molecular formula is C22H20N2O3. The molecule has 0 aliphatic heterocycles. The van der Waals surface area contributed by atoms with Gasteiger partial charge in [-0.2, -0.15) is 0 Å². The number of carbonyl (C=O) groups excluding carboxylic acids is 2. The molecule has 2 aromatic carbocycles. The second-order valence-electron chi connectivity index (χ2n) is 6.03. The number of amides is 2. The van der Waals surface area contributed by atoms with Gasteiger partial charge < -0.3 is 4.74 Å². The minimum atomic E-state index is -0.389. The Kier molecular flexibility index (Phi) is 5.94. The number of nitrogens with zero attached hydrogens (tertiary/aromatic N) is 1. The summed E-state index contributed by atoms with van der Waals surface area (Å²) in [5.41, 5.74) is 2.41. The third kappa shape index (κ3) is 5.25. The number of hydrogen-bond acceptors (Lipinski definition) is 4. The molecule has 0 aliphatic carbocycles. The summed E-state index contributed by atoms with van der Waals surface area (Å²) in [7, 11) is 0. The van der Waals surface area contributed by atoms with Crippen molar-refractivity contribution in [2.45, 2.75) is 19.8 Å². The quantitative estimate of drug-likeness (QED) is 0.723. The molecule has 136 valence electrons. The van der Waals surface area contributed by atoms with Gasteiger partial charge in [0.1, 0.15) is 11.5 Å². The van der Waals surface area contributed by atoms with Gasteiger partial charge in [-0.1, -0.05) is 31.2 Å². The van der Waals surface area contributed by atoms with Crippen LogP contribution in [0.2, 0.25) is 0 Å². The molecule has 0 radical (unpaired) electrons. The van der Waals surface area contributed by atoms with Crippen LogP contribution in [0.5, 0.6) is 11.5 Å². The molecule has 1 N–H and O–H groups in total. The van der Waals surface area contributed by atoms with E-state index in [1.54, 1.807) is 60.9 Å².